The van der Waals surface area contributed by atoms with Crippen LogP contribution in [0.4, 0.5) is 0 Å². The summed E-state index contributed by atoms with van der Waals surface area (Å²) in [4.78, 5) is 9.43. The lowest BCUT2D eigenvalue weighted by Crippen LogP contribution is -2.46. The van der Waals surface area contributed by atoms with Gasteiger partial charge in [-0.15, -0.1) is 0 Å². The van der Waals surface area contributed by atoms with E-state index in [-0.39, 0.29) is 4.90 Å². The fraction of sp³-hybridized carbons (Fsp3) is 0.364. The highest BCUT2D eigenvalue weighted by molar-refractivity contribution is 7.90. The smallest absolute Gasteiger partial charge is 0.269 e. The topological polar surface area (TPSA) is 85.1 Å². The fourth-order valence-corrected chi connectivity index (χ4v) is 5.75. The van der Waals surface area contributed by atoms with Gasteiger partial charge in [-0.2, -0.15) is 0 Å². The maximum absolute atomic E-state index is 13.3. The van der Waals surface area contributed by atoms with E-state index >= 15 is 0 Å². The van der Waals surface area contributed by atoms with Crippen LogP contribution in [-0.2, 0) is 10.0 Å². The maximum Gasteiger partial charge on any atom is 0.269 e. The van der Waals surface area contributed by atoms with Crippen LogP contribution in [0.1, 0.15) is 24.2 Å². The van der Waals surface area contributed by atoms with Crippen LogP contribution in [0.3, 0.4) is 0 Å². The van der Waals surface area contributed by atoms with Gasteiger partial charge in [0, 0.05) is 30.7 Å². The summed E-state index contributed by atoms with van der Waals surface area (Å²) >= 11 is 0. The number of benzene rings is 1. The van der Waals surface area contributed by atoms with E-state index in [1.54, 1.807) is 36.7 Å². The molecule has 1 fully saturated rings. The molecule has 1 N–H and O–H groups in total. The standard InChI is InChI=1S/C22H26N6O2S/c1-15-4-6-18(7-5-15)31(29,30)27-13-10-19-21-20(14-24-22(19)27)25-16(2)28(21)26-11-8-17(23-3)9-12-26/h4-7,10,13-14,17,23H,8-9,11-12H2,1-3H3. The van der Waals surface area contributed by atoms with Gasteiger partial charge in [0.25, 0.3) is 10.0 Å². The number of imidazole rings is 1. The van der Waals surface area contributed by atoms with Crippen LogP contribution < -0.4 is 10.3 Å². The third-order valence-electron chi connectivity index (χ3n) is 6.17. The van der Waals surface area contributed by atoms with E-state index < -0.39 is 10.0 Å². The zero-order chi connectivity index (χ0) is 21.8. The SMILES string of the molecule is CNC1CCN(n2c(C)nc3cnc4c(ccn4S(=O)(=O)c4ccc(C)cc4)c32)CC1. The number of piperidine rings is 1. The molecule has 0 radical (unpaired) electrons. The summed E-state index contributed by atoms with van der Waals surface area (Å²) in [5.41, 5.74) is 3.10. The van der Waals surface area contributed by atoms with Gasteiger partial charge >= 0.3 is 0 Å². The van der Waals surface area contributed by atoms with Gasteiger partial charge in [-0.1, -0.05) is 17.7 Å². The van der Waals surface area contributed by atoms with Crippen molar-refractivity contribution in [3.8, 4) is 0 Å². The average molecular weight is 439 g/mol. The molecule has 1 aliphatic rings. The van der Waals surface area contributed by atoms with E-state index in [1.807, 2.05) is 27.0 Å². The Bertz CT molecular complexity index is 1360. The molecule has 0 aliphatic carbocycles. The predicted molar refractivity (Wildman–Crippen MR) is 122 cm³/mol. The summed E-state index contributed by atoms with van der Waals surface area (Å²) in [5.74, 6) is 0.876. The molecule has 3 aromatic heterocycles. The second kappa shape index (κ2) is 7.35. The maximum atomic E-state index is 13.3. The largest absolute Gasteiger partial charge is 0.317 e. The Labute approximate surface area is 181 Å². The molecule has 162 valence electrons. The zero-order valence-electron chi connectivity index (χ0n) is 17.9. The van der Waals surface area contributed by atoms with Crippen molar-refractivity contribution in [2.24, 2.45) is 0 Å². The predicted octanol–water partition coefficient (Wildman–Crippen LogP) is 2.56. The van der Waals surface area contributed by atoms with Crippen LogP contribution in [0.25, 0.3) is 22.1 Å². The van der Waals surface area contributed by atoms with E-state index in [9.17, 15) is 8.42 Å². The Kier molecular flexibility index (Phi) is 4.75. The van der Waals surface area contributed by atoms with Crippen LogP contribution in [0.15, 0.2) is 47.6 Å². The third-order valence-corrected chi connectivity index (χ3v) is 7.85. The van der Waals surface area contributed by atoms with Crippen molar-refractivity contribution < 1.29 is 8.42 Å². The number of nitrogens with one attached hydrogen (secondary N) is 1. The monoisotopic (exact) mass is 438 g/mol. The molecule has 31 heavy (non-hydrogen) atoms. The molecule has 9 heteroatoms. The fourth-order valence-electron chi connectivity index (χ4n) is 4.45. The van der Waals surface area contributed by atoms with Gasteiger partial charge in [-0.05, 0) is 51.9 Å². The second-order valence-electron chi connectivity index (χ2n) is 8.15. The Morgan fingerprint density at radius 1 is 1.06 bits per heavy atom. The van der Waals surface area contributed by atoms with Crippen LogP contribution in [0, 0.1) is 13.8 Å². The molecular weight excluding hydrogens is 412 g/mol. The molecule has 0 spiro atoms. The number of hydrogen-bond acceptors (Lipinski definition) is 6. The van der Waals surface area contributed by atoms with Crippen molar-refractivity contribution in [3.05, 3.63) is 54.1 Å². The van der Waals surface area contributed by atoms with Crippen molar-refractivity contribution >= 4 is 32.1 Å². The highest BCUT2D eigenvalue weighted by Crippen LogP contribution is 2.29. The number of nitrogens with zero attached hydrogens (tertiary/aromatic N) is 5. The minimum Gasteiger partial charge on any atom is -0.317 e. The minimum absolute atomic E-state index is 0.247. The number of aromatic nitrogens is 4. The molecule has 0 amide bonds. The molecule has 1 aromatic carbocycles. The summed E-state index contributed by atoms with van der Waals surface area (Å²) in [6.45, 7) is 5.73. The molecule has 1 aliphatic heterocycles. The molecule has 0 bridgehead atoms. The number of fused-ring (bicyclic) bond motifs is 3. The van der Waals surface area contributed by atoms with Gasteiger partial charge < -0.3 is 10.3 Å². The van der Waals surface area contributed by atoms with E-state index in [0.717, 1.165) is 53.7 Å². The van der Waals surface area contributed by atoms with E-state index in [4.69, 9.17) is 4.98 Å². The molecule has 0 saturated carbocycles. The molecule has 5 rings (SSSR count). The molecule has 8 nitrogen and oxygen atoms in total. The van der Waals surface area contributed by atoms with Crippen molar-refractivity contribution in [1.29, 1.82) is 0 Å². The summed E-state index contributed by atoms with van der Waals surface area (Å²) in [6.07, 6.45) is 5.36. The van der Waals surface area contributed by atoms with Crippen LogP contribution in [0.5, 0.6) is 0 Å². The van der Waals surface area contributed by atoms with Crippen molar-refractivity contribution in [1.82, 2.24) is 23.9 Å². The van der Waals surface area contributed by atoms with E-state index in [1.165, 1.54) is 3.97 Å². The summed E-state index contributed by atoms with van der Waals surface area (Å²) < 4.78 is 30.0. The summed E-state index contributed by atoms with van der Waals surface area (Å²) in [7, 11) is -1.74. The lowest BCUT2D eigenvalue weighted by atomic mass is 10.1. The molecule has 4 heterocycles. The van der Waals surface area contributed by atoms with E-state index in [0.29, 0.717) is 11.7 Å². The molecule has 0 unspecified atom stereocenters. The first-order valence-electron chi connectivity index (χ1n) is 10.5. The number of aryl methyl sites for hydroxylation is 2. The van der Waals surface area contributed by atoms with Crippen molar-refractivity contribution in [3.63, 3.8) is 0 Å². The quantitative estimate of drug-likeness (QED) is 0.527. The van der Waals surface area contributed by atoms with Gasteiger partial charge in [-0.3, -0.25) is 0 Å². The minimum atomic E-state index is -3.75. The Balaban J connectivity index is 1.65. The van der Waals surface area contributed by atoms with E-state index in [2.05, 4.69) is 20.0 Å². The van der Waals surface area contributed by atoms with Gasteiger partial charge in [0.05, 0.1) is 11.1 Å². The Morgan fingerprint density at radius 3 is 2.45 bits per heavy atom. The second-order valence-corrected chi connectivity index (χ2v) is 9.96. The third kappa shape index (κ3) is 3.19. The Hall–Kier alpha value is -2.91. The molecule has 1 saturated heterocycles. The molecular formula is C22H26N6O2S. The van der Waals surface area contributed by atoms with Gasteiger partial charge in [0.1, 0.15) is 16.9 Å². The van der Waals surface area contributed by atoms with Gasteiger partial charge in [0.15, 0.2) is 5.65 Å². The number of hydrogen-bond donors (Lipinski definition) is 1. The van der Waals surface area contributed by atoms with Crippen LogP contribution >= 0.6 is 0 Å². The highest BCUT2D eigenvalue weighted by atomic mass is 32.2. The first-order chi connectivity index (χ1) is 14.9. The molecule has 0 atom stereocenters. The Morgan fingerprint density at radius 2 is 1.77 bits per heavy atom. The molecule has 4 aromatic rings. The number of pyridine rings is 1. The first-order valence-corrected chi connectivity index (χ1v) is 11.9. The van der Waals surface area contributed by atoms with Gasteiger partial charge in [0.2, 0.25) is 0 Å². The normalized spacial score (nSPS) is 15.9. The summed E-state index contributed by atoms with van der Waals surface area (Å²) in [5, 5.41) is 6.44. The lowest BCUT2D eigenvalue weighted by Gasteiger charge is -2.35. The van der Waals surface area contributed by atoms with Gasteiger partial charge in [-0.25, -0.2) is 27.0 Å². The average Bonchev–Trinajstić information content (AvgIpc) is 3.35. The van der Waals surface area contributed by atoms with Crippen LogP contribution in [0.2, 0.25) is 0 Å². The zero-order valence-corrected chi connectivity index (χ0v) is 18.7. The first kappa shape index (κ1) is 20.0. The van der Waals surface area contributed by atoms with Crippen molar-refractivity contribution in [2.45, 2.75) is 37.6 Å². The van der Waals surface area contributed by atoms with Crippen LogP contribution in [-0.4, -0.2) is 53.2 Å². The lowest BCUT2D eigenvalue weighted by molar-refractivity contribution is 0.395. The number of rotatable bonds is 4. The summed E-state index contributed by atoms with van der Waals surface area (Å²) in [6, 6.07) is 9.22. The highest BCUT2D eigenvalue weighted by Gasteiger charge is 2.25. The van der Waals surface area contributed by atoms with Crippen molar-refractivity contribution in [2.75, 3.05) is 25.1 Å².